The molecule has 0 spiro atoms. The fraction of sp³-hybridized carbons (Fsp3) is 0.520. The first-order chi connectivity index (χ1) is 16.0. The van der Waals surface area contributed by atoms with Crippen molar-refractivity contribution < 1.29 is 14.4 Å². The SMILES string of the molecule is CCC(CC)C(=O)N1CCC(C2(c3cccnc3)NC(=O)N(CCc3cccs3)C2=O)CC1. The van der Waals surface area contributed by atoms with Crippen LogP contribution in [0.5, 0.6) is 0 Å². The number of piperidine rings is 1. The van der Waals surface area contributed by atoms with E-state index in [4.69, 9.17) is 0 Å². The molecular formula is C25H32N4O3S. The summed E-state index contributed by atoms with van der Waals surface area (Å²) in [6.45, 7) is 5.64. The van der Waals surface area contributed by atoms with E-state index in [-0.39, 0.29) is 29.7 Å². The average molecular weight is 469 g/mol. The van der Waals surface area contributed by atoms with E-state index in [2.05, 4.69) is 10.3 Å². The van der Waals surface area contributed by atoms with Crippen LogP contribution in [0.4, 0.5) is 4.79 Å². The lowest BCUT2D eigenvalue weighted by atomic mass is 9.73. The zero-order chi connectivity index (χ0) is 23.4. The normalized spacial score (nSPS) is 21.7. The molecule has 0 bridgehead atoms. The number of amides is 4. The van der Waals surface area contributed by atoms with Crippen molar-refractivity contribution in [2.45, 2.75) is 51.5 Å². The molecule has 4 rings (SSSR count). The maximum Gasteiger partial charge on any atom is 0.325 e. The van der Waals surface area contributed by atoms with Crippen molar-refractivity contribution in [1.29, 1.82) is 0 Å². The van der Waals surface area contributed by atoms with Crippen molar-refractivity contribution >= 4 is 29.2 Å². The van der Waals surface area contributed by atoms with Crippen LogP contribution in [0.1, 0.15) is 50.0 Å². The zero-order valence-corrected chi connectivity index (χ0v) is 20.1. The number of imide groups is 1. The van der Waals surface area contributed by atoms with Gasteiger partial charge in [0.25, 0.3) is 5.91 Å². The van der Waals surface area contributed by atoms with Gasteiger partial charge in [0.05, 0.1) is 0 Å². The number of thiophene rings is 1. The number of rotatable bonds is 8. The molecule has 7 nitrogen and oxygen atoms in total. The molecule has 1 atom stereocenters. The lowest BCUT2D eigenvalue weighted by Crippen LogP contribution is -2.54. The van der Waals surface area contributed by atoms with Crippen molar-refractivity contribution in [3.05, 3.63) is 52.5 Å². The van der Waals surface area contributed by atoms with E-state index in [9.17, 15) is 14.4 Å². The van der Waals surface area contributed by atoms with Crippen LogP contribution in [0.3, 0.4) is 0 Å². The standard InChI is InChI=1S/C25H32N4O3S/c1-3-18(4-2)22(30)28-13-9-19(10-14-28)25(20-7-5-12-26-17-20)23(31)29(24(32)27-25)15-11-21-8-6-16-33-21/h5-8,12,16-19H,3-4,9-11,13-15H2,1-2H3,(H,27,32). The third-order valence-electron chi connectivity index (χ3n) is 7.16. The highest BCUT2D eigenvalue weighted by molar-refractivity contribution is 7.09. The highest BCUT2D eigenvalue weighted by atomic mass is 32.1. The van der Waals surface area contributed by atoms with Crippen LogP contribution in [-0.4, -0.2) is 52.3 Å². The molecule has 2 fully saturated rings. The molecule has 0 saturated carbocycles. The van der Waals surface area contributed by atoms with Crippen molar-refractivity contribution in [3.8, 4) is 0 Å². The summed E-state index contributed by atoms with van der Waals surface area (Å²) in [5.74, 6) is -0.0555. The Morgan fingerprint density at radius 3 is 2.58 bits per heavy atom. The molecule has 2 aliphatic rings. The Hall–Kier alpha value is -2.74. The number of urea groups is 1. The van der Waals surface area contributed by atoms with Crippen LogP contribution >= 0.6 is 11.3 Å². The second-order valence-corrected chi connectivity index (χ2v) is 9.91. The molecule has 0 aliphatic carbocycles. The molecule has 176 valence electrons. The second-order valence-electron chi connectivity index (χ2n) is 8.88. The Balaban J connectivity index is 1.56. The highest BCUT2D eigenvalue weighted by Gasteiger charge is 2.57. The third kappa shape index (κ3) is 4.40. The maximum atomic E-state index is 13.9. The molecule has 4 amide bonds. The molecule has 0 radical (unpaired) electrons. The van der Waals surface area contributed by atoms with Crippen molar-refractivity contribution in [3.63, 3.8) is 0 Å². The van der Waals surface area contributed by atoms with Crippen LogP contribution in [0.25, 0.3) is 0 Å². The second kappa shape index (κ2) is 10.0. The molecular weight excluding hydrogens is 436 g/mol. The first kappa shape index (κ1) is 23.4. The van der Waals surface area contributed by atoms with Gasteiger partial charge in [-0.05, 0) is 55.5 Å². The topological polar surface area (TPSA) is 82.6 Å². The molecule has 2 aromatic heterocycles. The number of hydrogen-bond donors (Lipinski definition) is 1. The lowest BCUT2D eigenvalue weighted by Gasteiger charge is -2.41. The average Bonchev–Trinajstić information content (AvgIpc) is 3.45. The quantitative estimate of drug-likeness (QED) is 0.598. The Morgan fingerprint density at radius 1 is 1.21 bits per heavy atom. The Morgan fingerprint density at radius 2 is 1.97 bits per heavy atom. The molecule has 8 heteroatoms. The van der Waals surface area contributed by atoms with E-state index in [1.165, 1.54) is 4.90 Å². The van der Waals surface area contributed by atoms with Gasteiger partial charge in [-0.3, -0.25) is 19.5 Å². The van der Waals surface area contributed by atoms with Gasteiger partial charge in [0.15, 0.2) is 5.54 Å². The number of nitrogens with one attached hydrogen (secondary N) is 1. The highest BCUT2D eigenvalue weighted by Crippen LogP contribution is 2.41. The van der Waals surface area contributed by atoms with Crippen LogP contribution in [0.2, 0.25) is 0 Å². The number of nitrogens with zero attached hydrogens (tertiary/aromatic N) is 3. The number of pyridine rings is 1. The number of carbonyl (C=O) groups is 3. The Kier molecular flexibility index (Phi) is 7.12. The molecule has 2 saturated heterocycles. The number of hydrogen-bond acceptors (Lipinski definition) is 5. The maximum absolute atomic E-state index is 13.9. The fourth-order valence-electron chi connectivity index (χ4n) is 5.21. The monoisotopic (exact) mass is 468 g/mol. The molecule has 33 heavy (non-hydrogen) atoms. The summed E-state index contributed by atoms with van der Waals surface area (Å²) in [4.78, 5) is 48.4. The smallest absolute Gasteiger partial charge is 0.325 e. The first-order valence-corrected chi connectivity index (χ1v) is 12.7. The van der Waals surface area contributed by atoms with Gasteiger partial charge in [-0.2, -0.15) is 0 Å². The fourth-order valence-corrected chi connectivity index (χ4v) is 5.91. The van der Waals surface area contributed by atoms with E-state index < -0.39 is 5.54 Å². The minimum absolute atomic E-state index is 0.0504. The molecule has 1 N–H and O–H groups in total. The zero-order valence-electron chi connectivity index (χ0n) is 19.3. The predicted octanol–water partition coefficient (Wildman–Crippen LogP) is 3.81. The summed E-state index contributed by atoms with van der Waals surface area (Å²) in [6, 6.07) is 7.31. The van der Waals surface area contributed by atoms with E-state index in [0.29, 0.717) is 44.5 Å². The summed E-state index contributed by atoms with van der Waals surface area (Å²) < 4.78 is 0. The van der Waals surface area contributed by atoms with Crippen molar-refractivity contribution in [1.82, 2.24) is 20.1 Å². The summed E-state index contributed by atoms with van der Waals surface area (Å²) in [5.41, 5.74) is -0.420. The number of aromatic nitrogens is 1. The van der Waals surface area contributed by atoms with Gasteiger partial charge in [-0.25, -0.2) is 4.79 Å². The molecule has 2 aliphatic heterocycles. The Labute approximate surface area is 199 Å². The van der Waals surface area contributed by atoms with Crippen LogP contribution in [-0.2, 0) is 21.5 Å². The van der Waals surface area contributed by atoms with E-state index in [0.717, 1.165) is 17.7 Å². The summed E-state index contributed by atoms with van der Waals surface area (Å²) in [6.07, 6.45) is 6.98. The first-order valence-electron chi connectivity index (χ1n) is 11.9. The molecule has 2 aromatic rings. The number of carbonyl (C=O) groups excluding carboxylic acids is 3. The van der Waals surface area contributed by atoms with Gasteiger partial charge in [0.2, 0.25) is 5.91 Å². The predicted molar refractivity (Wildman–Crippen MR) is 128 cm³/mol. The van der Waals surface area contributed by atoms with Gasteiger partial charge in [-0.15, -0.1) is 11.3 Å². The molecule has 1 unspecified atom stereocenters. The van der Waals surface area contributed by atoms with Crippen LogP contribution in [0.15, 0.2) is 42.0 Å². The van der Waals surface area contributed by atoms with Gasteiger partial charge >= 0.3 is 6.03 Å². The van der Waals surface area contributed by atoms with E-state index in [1.54, 1.807) is 29.8 Å². The lowest BCUT2D eigenvalue weighted by molar-refractivity contribution is -0.139. The number of likely N-dealkylation sites (tertiary alicyclic amines) is 1. The third-order valence-corrected chi connectivity index (χ3v) is 8.10. The summed E-state index contributed by atoms with van der Waals surface area (Å²) in [5, 5.41) is 5.07. The van der Waals surface area contributed by atoms with Gasteiger partial charge < -0.3 is 10.2 Å². The minimum Gasteiger partial charge on any atom is -0.342 e. The van der Waals surface area contributed by atoms with E-state index >= 15 is 0 Å². The van der Waals surface area contributed by atoms with Crippen molar-refractivity contribution in [2.24, 2.45) is 11.8 Å². The molecule has 4 heterocycles. The summed E-state index contributed by atoms with van der Waals surface area (Å²) >= 11 is 1.62. The van der Waals surface area contributed by atoms with Gasteiger partial charge in [0.1, 0.15) is 0 Å². The van der Waals surface area contributed by atoms with Crippen molar-refractivity contribution in [2.75, 3.05) is 19.6 Å². The van der Waals surface area contributed by atoms with E-state index in [1.807, 2.05) is 42.3 Å². The van der Waals surface area contributed by atoms with Gasteiger partial charge in [0, 0.05) is 48.4 Å². The van der Waals surface area contributed by atoms with Crippen LogP contribution < -0.4 is 5.32 Å². The minimum atomic E-state index is -1.13. The van der Waals surface area contributed by atoms with Crippen LogP contribution in [0, 0.1) is 11.8 Å². The largest absolute Gasteiger partial charge is 0.342 e. The summed E-state index contributed by atoms with van der Waals surface area (Å²) in [7, 11) is 0. The Bertz CT molecular complexity index is 969. The van der Waals surface area contributed by atoms with Gasteiger partial charge in [-0.1, -0.05) is 26.0 Å². The molecule has 0 aromatic carbocycles.